The van der Waals surface area contributed by atoms with E-state index in [1.165, 1.54) is 181 Å². The lowest BCUT2D eigenvalue weighted by molar-refractivity contribution is -0.0960. The largest absolute Gasteiger partial charge is 0.391 e. The summed E-state index contributed by atoms with van der Waals surface area (Å²) in [5, 5.41) is 81.6. The van der Waals surface area contributed by atoms with Crippen molar-refractivity contribution in [2.24, 2.45) is 0 Å². The molecule has 0 radical (unpaired) electrons. The Kier molecular flexibility index (Phi) is 62.7. The summed E-state index contributed by atoms with van der Waals surface area (Å²) >= 11 is 3.41. The Morgan fingerprint density at radius 1 is 0.282 bits per heavy atom. The quantitative estimate of drug-likeness (QED) is 0.0209. The van der Waals surface area contributed by atoms with E-state index in [9.17, 15) is 57.7 Å². The standard InChI is InChI=1S/C30H62O8S2.C30H62O4S2.2CH4/c1-4-6-8-10-12-14-16-18-20-22-24-39(35,36)30(29(34)28(33)27(32)26(3)31)40(37,38)25-23-21-19-17-15-13-11-9-7-5-2;1-4-6-8-10-12-14-16-18-20-22-24-35-30(29(34)28(33)27(32)26(3)31)36-25-23-21-19-17-15-13-11-9-7-5-2;;/h26-34H,4-25H2,1-3H3;26-34H,4-25H2,1-3H3;2*1H4/t26-,27-,28+,29-;26-,27-,28+,29+;;/m00../s1. The minimum Gasteiger partial charge on any atom is -0.391 e. The maximum absolute atomic E-state index is 13.2. The van der Waals surface area contributed by atoms with Crippen LogP contribution in [-0.4, -0.2) is 139 Å². The van der Waals surface area contributed by atoms with E-state index in [0.29, 0.717) is 12.8 Å². The normalized spacial score (nSPS) is 15.2. The van der Waals surface area contributed by atoms with E-state index in [-0.39, 0.29) is 32.3 Å². The van der Waals surface area contributed by atoms with Crippen molar-refractivity contribution < 1.29 is 57.7 Å². The molecule has 476 valence electrons. The van der Waals surface area contributed by atoms with Gasteiger partial charge in [0.25, 0.3) is 0 Å². The highest BCUT2D eigenvalue weighted by Crippen LogP contribution is 2.32. The predicted molar refractivity (Wildman–Crippen MR) is 340 cm³/mol. The van der Waals surface area contributed by atoms with Crippen molar-refractivity contribution in [3.63, 3.8) is 0 Å². The van der Waals surface area contributed by atoms with Crippen LogP contribution in [0.3, 0.4) is 0 Å². The van der Waals surface area contributed by atoms with Crippen LogP contribution in [0.5, 0.6) is 0 Å². The third-order valence-corrected chi connectivity index (χ3v) is 23.3. The first-order valence-corrected chi connectivity index (χ1v) is 37.0. The molecule has 0 saturated carbocycles. The highest BCUT2D eigenvalue weighted by Gasteiger charge is 2.47. The van der Waals surface area contributed by atoms with E-state index < -0.39 is 84.6 Å². The van der Waals surface area contributed by atoms with Gasteiger partial charge in [0.05, 0.1) is 28.3 Å². The number of unbranched alkanes of at least 4 members (excludes halogenated alkanes) is 36. The molecule has 8 N–H and O–H groups in total. The molecule has 0 unspecified atom stereocenters. The summed E-state index contributed by atoms with van der Waals surface area (Å²) in [4.78, 5) is 0. The summed E-state index contributed by atoms with van der Waals surface area (Å²) < 4.78 is 50.5. The molecule has 0 aliphatic heterocycles. The van der Waals surface area contributed by atoms with Gasteiger partial charge in [-0.3, -0.25) is 0 Å². The van der Waals surface area contributed by atoms with Crippen molar-refractivity contribution in [1.82, 2.24) is 0 Å². The summed E-state index contributed by atoms with van der Waals surface area (Å²) in [6, 6.07) is 0. The lowest BCUT2D eigenvalue weighted by Crippen LogP contribution is -2.54. The molecular weight excluding hydrogens is 1060 g/mol. The predicted octanol–water partition coefficient (Wildman–Crippen LogP) is 14.8. The molecule has 8 atom stereocenters. The zero-order valence-corrected chi connectivity index (χ0v) is 53.0. The van der Waals surface area contributed by atoms with Crippen LogP contribution in [0.25, 0.3) is 0 Å². The monoisotopic (exact) mass is 1200 g/mol. The fraction of sp³-hybridized carbons (Fsp3) is 1.00. The zero-order chi connectivity index (χ0) is 57.3. The van der Waals surface area contributed by atoms with Crippen molar-refractivity contribution >= 4 is 43.2 Å². The van der Waals surface area contributed by atoms with E-state index in [0.717, 1.165) is 75.7 Å². The Hall–Kier alpha value is 0.280. The molecule has 0 aliphatic carbocycles. The molecule has 78 heavy (non-hydrogen) atoms. The van der Waals surface area contributed by atoms with Gasteiger partial charge in [-0.25, -0.2) is 16.8 Å². The van der Waals surface area contributed by atoms with E-state index in [1.807, 2.05) is 0 Å². The Labute approximate surface area is 492 Å². The Bertz CT molecular complexity index is 1360. The number of hydrogen-bond acceptors (Lipinski definition) is 14. The highest BCUT2D eigenvalue weighted by atomic mass is 32.3. The zero-order valence-electron chi connectivity index (χ0n) is 49.7. The molecule has 0 amide bonds. The molecule has 0 spiro atoms. The van der Waals surface area contributed by atoms with Gasteiger partial charge in [0.2, 0.25) is 0 Å². The van der Waals surface area contributed by atoms with Crippen LogP contribution in [0.4, 0.5) is 0 Å². The number of aliphatic hydroxyl groups excluding tert-OH is 8. The van der Waals surface area contributed by atoms with Gasteiger partial charge in [-0.1, -0.05) is 274 Å². The van der Waals surface area contributed by atoms with Crippen LogP contribution in [0, 0.1) is 0 Å². The summed E-state index contributed by atoms with van der Waals surface area (Å²) in [5.41, 5.74) is 0. The summed E-state index contributed by atoms with van der Waals surface area (Å²) in [6.07, 6.45) is 33.4. The SMILES string of the molecule is C.C.CCCCCCCCCCCCS(=O)(=O)C([C@@H](O)[C@H](O)[C@@H](O)[C@H](C)O)S(=O)(=O)CCCCCCCCCCCC.CCCCCCCCCCCCSC(SCCCCCCCCCCCC)[C@H](O)[C@H](O)[C@@H](O)[C@H](C)O. The molecule has 0 fully saturated rings. The molecule has 12 nitrogen and oxygen atoms in total. The molecule has 0 bridgehead atoms. The molecular formula is C62H132O12S4. The van der Waals surface area contributed by atoms with Crippen LogP contribution in [0.2, 0.25) is 0 Å². The molecule has 0 aromatic carbocycles. The Balaban J connectivity index is -0.000000688. The average Bonchev–Trinajstić information content (AvgIpc) is 3.38. The number of hydrogen-bond donors (Lipinski definition) is 8. The van der Waals surface area contributed by atoms with Crippen LogP contribution < -0.4 is 0 Å². The van der Waals surface area contributed by atoms with Crippen molar-refractivity contribution in [2.45, 2.75) is 371 Å². The first-order valence-electron chi connectivity index (χ1n) is 31.5. The highest BCUT2D eigenvalue weighted by molar-refractivity contribution is 8.17. The van der Waals surface area contributed by atoms with Gasteiger partial charge >= 0.3 is 0 Å². The number of aliphatic hydroxyl groups is 8. The van der Waals surface area contributed by atoms with Crippen LogP contribution in [0.15, 0.2) is 0 Å². The first-order chi connectivity index (χ1) is 36.4. The van der Waals surface area contributed by atoms with Crippen molar-refractivity contribution in [2.75, 3.05) is 23.0 Å². The van der Waals surface area contributed by atoms with Gasteiger partial charge in [0.1, 0.15) is 36.6 Å². The topological polar surface area (TPSA) is 230 Å². The second-order valence-electron chi connectivity index (χ2n) is 22.4. The molecule has 16 heteroatoms. The lowest BCUT2D eigenvalue weighted by atomic mass is 10.1. The van der Waals surface area contributed by atoms with E-state index >= 15 is 0 Å². The minimum absolute atomic E-state index is 0. The van der Waals surface area contributed by atoms with Crippen molar-refractivity contribution in [3.8, 4) is 0 Å². The fourth-order valence-electron chi connectivity index (χ4n) is 9.58. The maximum Gasteiger partial charge on any atom is 0.191 e. The summed E-state index contributed by atoms with van der Waals surface area (Å²) in [6.45, 7) is 11.5. The summed E-state index contributed by atoms with van der Waals surface area (Å²) in [5.74, 6) is 1.08. The third-order valence-electron chi connectivity index (χ3n) is 14.8. The van der Waals surface area contributed by atoms with Gasteiger partial charge in [-0.05, 0) is 51.0 Å². The lowest BCUT2D eigenvalue weighted by Gasteiger charge is -2.30. The van der Waals surface area contributed by atoms with Crippen LogP contribution in [-0.2, 0) is 19.7 Å². The average molecular weight is 1200 g/mol. The Morgan fingerprint density at radius 3 is 0.718 bits per heavy atom. The molecule has 0 rings (SSSR count). The van der Waals surface area contributed by atoms with E-state index in [1.54, 1.807) is 23.5 Å². The van der Waals surface area contributed by atoms with Gasteiger partial charge in [-0.15, -0.1) is 23.5 Å². The molecule has 0 aliphatic rings. The molecule has 0 saturated heterocycles. The first kappa shape index (κ1) is 84.7. The third kappa shape index (κ3) is 46.6. The van der Waals surface area contributed by atoms with Gasteiger partial charge in [0.15, 0.2) is 24.3 Å². The van der Waals surface area contributed by atoms with Crippen molar-refractivity contribution in [3.05, 3.63) is 0 Å². The van der Waals surface area contributed by atoms with Gasteiger partial charge in [-0.2, -0.15) is 0 Å². The van der Waals surface area contributed by atoms with E-state index in [4.69, 9.17) is 0 Å². The van der Waals surface area contributed by atoms with Crippen molar-refractivity contribution in [1.29, 1.82) is 0 Å². The van der Waals surface area contributed by atoms with Gasteiger partial charge in [0, 0.05) is 0 Å². The Morgan fingerprint density at radius 2 is 0.487 bits per heavy atom. The second-order valence-corrected chi connectivity index (χ2v) is 29.9. The molecule has 0 aromatic rings. The maximum atomic E-state index is 13.2. The fourth-order valence-corrected chi connectivity index (χ4v) is 17.7. The number of sulfone groups is 2. The van der Waals surface area contributed by atoms with E-state index in [2.05, 4.69) is 27.7 Å². The van der Waals surface area contributed by atoms with Gasteiger partial charge < -0.3 is 40.9 Å². The number of thioether (sulfide) groups is 2. The minimum atomic E-state index is -4.34. The molecule has 0 heterocycles. The van der Waals surface area contributed by atoms with Crippen LogP contribution >= 0.6 is 23.5 Å². The summed E-state index contributed by atoms with van der Waals surface area (Å²) in [7, 11) is -8.69. The smallest absolute Gasteiger partial charge is 0.191 e. The number of rotatable bonds is 56. The second kappa shape index (κ2) is 57.7. The van der Waals surface area contributed by atoms with Crippen LogP contribution in [0.1, 0.15) is 313 Å². The molecule has 0 aromatic heterocycles.